The quantitative estimate of drug-likeness (QED) is 0.251. The van der Waals surface area contributed by atoms with Gasteiger partial charge in [0.1, 0.15) is 17.5 Å². The van der Waals surface area contributed by atoms with E-state index in [-0.39, 0.29) is 24.2 Å². The second-order valence-corrected chi connectivity index (χ2v) is 10.2. The van der Waals surface area contributed by atoms with E-state index in [2.05, 4.69) is 51.6 Å². The number of pyridine rings is 1. The molecule has 8 heteroatoms. The molecule has 1 saturated carbocycles. The number of alkyl halides is 1. The normalized spacial score (nSPS) is 17.1. The van der Waals surface area contributed by atoms with E-state index in [4.69, 9.17) is 5.10 Å². The number of rotatable bonds is 8. The second kappa shape index (κ2) is 9.10. The zero-order valence-corrected chi connectivity index (χ0v) is 21.2. The van der Waals surface area contributed by atoms with Gasteiger partial charge in [0.15, 0.2) is 11.4 Å². The summed E-state index contributed by atoms with van der Waals surface area (Å²) in [6.07, 6.45) is 5.19. The lowest BCUT2D eigenvalue weighted by Crippen LogP contribution is -2.18. The summed E-state index contributed by atoms with van der Waals surface area (Å²) in [6.45, 7) is 4.91. The van der Waals surface area contributed by atoms with Crippen LogP contribution in [-0.4, -0.2) is 43.2 Å². The van der Waals surface area contributed by atoms with Crippen LogP contribution in [0.4, 0.5) is 10.1 Å². The van der Waals surface area contributed by atoms with E-state index < -0.39 is 6.17 Å². The van der Waals surface area contributed by atoms with E-state index in [1.165, 1.54) is 0 Å². The molecule has 2 atom stereocenters. The number of hydrogen-bond donors (Lipinski definition) is 0. The average Bonchev–Trinajstić information content (AvgIpc) is 3.28. The van der Waals surface area contributed by atoms with Crippen molar-refractivity contribution in [2.45, 2.75) is 45.4 Å². The summed E-state index contributed by atoms with van der Waals surface area (Å²) in [5.74, 6) is -0.332. The predicted molar refractivity (Wildman–Crippen MR) is 143 cm³/mol. The fourth-order valence-electron chi connectivity index (χ4n) is 4.94. The van der Waals surface area contributed by atoms with E-state index in [0.717, 1.165) is 33.5 Å². The Morgan fingerprint density at radius 3 is 2.65 bits per heavy atom. The Kier molecular flexibility index (Phi) is 5.74. The first kappa shape index (κ1) is 23.3. The number of hydrogen-bond acceptors (Lipinski definition) is 5. The molecule has 37 heavy (non-hydrogen) atoms. The SMILES string of the molecule is CC(C)n1cc(-c2cc(N(C)Cc3ccccc3)c3ncc(C(=O)C[C@@H]4C[C@@H]4F)n3n2)c2cccnc21. The molecule has 188 valence electrons. The monoisotopic (exact) mass is 496 g/mol. The highest BCUT2D eigenvalue weighted by Crippen LogP contribution is 2.38. The Morgan fingerprint density at radius 1 is 1.14 bits per heavy atom. The molecule has 0 aliphatic heterocycles. The molecule has 4 aromatic heterocycles. The number of carbonyl (C=O) groups is 1. The van der Waals surface area contributed by atoms with Gasteiger partial charge in [-0.1, -0.05) is 30.3 Å². The number of ketones is 1. The highest BCUT2D eigenvalue weighted by atomic mass is 19.1. The van der Waals surface area contributed by atoms with Crippen molar-refractivity contribution in [3.8, 4) is 11.3 Å². The van der Waals surface area contributed by atoms with Crippen molar-refractivity contribution in [1.82, 2.24) is 24.1 Å². The van der Waals surface area contributed by atoms with Gasteiger partial charge in [-0.05, 0) is 44.0 Å². The number of Topliss-reactive ketones (excluding diaryl/α,β-unsaturated/α-hetero) is 1. The van der Waals surface area contributed by atoms with Crippen molar-refractivity contribution >= 4 is 28.2 Å². The number of carbonyl (C=O) groups excluding carboxylic acids is 1. The van der Waals surface area contributed by atoms with Crippen LogP contribution in [0.15, 0.2) is 67.1 Å². The third-order valence-corrected chi connectivity index (χ3v) is 7.11. The van der Waals surface area contributed by atoms with E-state index in [1.807, 2.05) is 43.4 Å². The van der Waals surface area contributed by atoms with Gasteiger partial charge < -0.3 is 9.47 Å². The van der Waals surface area contributed by atoms with E-state index >= 15 is 0 Å². The maximum absolute atomic E-state index is 13.6. The van der Waals surface area contributed by atoms with Gasteiger partial charge in [-0.2, -0.15) is 5.10 Å². The van der Waals surface area contributed by atoms with E-state index in [0.29, 0.717) is 24.3 Å². The molecule has 0 bridgehead atoms. The van der Waals surface area contributed by atoms with E-state index in [9.17, 15) is 9.18 Å². The molecule has 7 nitrogen and oxygen atoms in total. The van der Waals surface area contributed by atoms with Crippen molar-refractivity contribution in [3.05, 3.63) is 78.4 Å². The van der Waals surface area contributed by atoms with Crippen LogP contribution in [0.2, 0.25) is 0 Å². The molecular weight excluding hydrogens is 467 g/mol. The molecular formula is C29H29FN6O. The van der Waals surface area contributed by atoms with Gasteiger partial charge in [0.25, 0.3) is 0 Å². The minimum atomic E-state index is -0.881. The van der Waals surface area contributed by atoms with Crippen molar-refractivity contribution in [2.24, 2.45) is 5.92 Å². The molecule has 0 saturated heterocycles. The summed E-state index contributed by atoms with van der Waals surface area (Å²) in [6, 6.07) is 16.4. The van der Waals surface area contributed by atoms with Gasteiger partial charge in [-0.3, -0.25) is 4.79 Å². The maximum Gasteiger partial charge on any atom is 0.183 e. The number of aromatic nitrogens is 5. The average molecular weight is 497 g/mol. The van der Waals surface area contributed by atoms with Gasteiger partial charge in [0.05, 0.1) is 17.6 Å². The first-order valence-electron chi connectivity index (χ1n) is 12.7. The van der Waals surface area contributed by atoms with Crippen LogP contribution < -0.4 is 4.90 Å². The first-order chi connectivity index (χ1) is 17.9. The Labute approximate surface area is 214 Å². The standard InChI is InChI=1S/C29H29FN6O/c1-18(2)35-17-22(21-10-7-11-31-28(21)35)24-14-25(34(3)16-19-8-5-4-6-9-19)29-32-15-26(36(29)33-24)27(37)13-20-12-23(20)30/h4-11,14-15,17-18,20,23H,12-13,16H2,1-3H3/t20-,23-/m0/s1. The lowest BCUT2D eigenvalue weighted by Gasteiger charge is -2.21. The third kappa shape index (κ3) is 4.26. The van der Waals surface area contributed by atoms with Gasteiger partial charge in [-0.15, -0.1) is 0 Å². The summed E-state index contributed by atoms with van der Waals surface area (Å²) < 4.78 is 17.3. The predicted octanol–water partition coefficient (Wildman–Crippen LogP) is 5.89. The lowest BCUT2D eigenvalue weighted by molar-refractivity contribution is 0.0965. The number of nitrogens with zero attached hydrogens (tertiary/aromatic N) is 6. The highest BCUT2D eigenvalue weighted by molar-refractivity contribution is 5.97. The van der Waals surface area contributed by atoms with Crippen molar-refractivity contribution in [1.29, 1.82) is 0 Å². The summed E-state index contributed by atoms with van der Waals surface area (Å²) in [4.78, 5) is 24.5. The molecule has 4 heterocycles. The zero-order valence-electron chi connectivity index (χ0n) is 21.2. The second-order valence-electron chi connectivity index (χ2n) is 10.2. The number of benzene rings is 1. The lowest BCUT2D eigenvalue weighted by atomic mass is 10.1. The van der Waals surface area contributed by atoms with Crippen LogP contribution in [0, 0.1) is 5.92 Å². The molecule has 1 aromatic carbocycles. The van der Waals surface area contributed by atoms with Crippen LogP contribution in [0.1, 0.15) is 48.8 Å². The van der Waals surface area contributed by atoms with Crippen molar-refractivity contribution < 1.29 is 9.18 Å². The summed E-state index contributed by atoms with van der Waals surface area (Å²) in [5.41, 5.74) is 5.55. The Morgan fingerprint density at radius 2 is 1.92 bits per heavy atom. The Bertz CT molecular complexity index is 1610. The molecule has 1 aliphatic rings. The Balaban J connectivity index is 1.52. The number of halogens is 1. The minimum Gasteiger partial charge on any atom is -0.367 e. The molecule has 1 fully saturated rings. The van der Waals surface area contributed by atoms with Crippen LogP contribution in [0.3, 0.4) is 0 Å². The molecule has 0 amide bonds. The molecule has 0 spiro atoms. The van der Waals surface area contributed by atoms with Crippen LogP contribution >= 0.6 is 0 Å². The molecule has 0 radical (unpaired) electrons. The van der Waals surface area contributed by atoms with Crippen LogP contribution in [-0.2, 0) is 6.54 Å². The smallest absolute Gasteiger partial charge is 0.183 e. The largest absolute Gasteiger partial charge is 0.367 e. The fourth-order valence-corrected chi connectivity index (χ4v) is 4.94. The summed E-state index contributed by atoms with van der Waals surface area (Å²) in [7, 11) is 2.01. The molecule has 0 unspecified atom stereocenters. The van der Waals surface area contributed by atoms with E-state index in [1.54, 1.807) is 16.9 Å². The topological polar surface area (TPSA) is 68.3 Å². The highest BCUT2D eigenvalue weighted by Gasteiger charge is 2.39. The molecule has 5 aromatic rings. The number of anilines is 1. The van der Waals surface area contributed by atoms with Gasteiger partial charge in [0.2, 0.25) is 0 Å². The zero-order chi connectivity index (χ0) is 25.7. The minimum absolute atomic E-state index is 0.134. The molecule has 1 aliphatic carbocycles. The van der Waals surface area contributed by atoms with Crippen molar-refractivity contribution in [2.75, 3.05) is 11.9 Å². The number of imidazole rings is 1. The third-order valence-electron chi connectivity index (χ3n) is 7.11. The summed E-state index contributed by atoms with van der Waals surface area (Å²) >= 11 is 0. The molecule has 0 N–H and O–H groups in total. The van der Waals surface area contributed by atoms with Crippen LogP contribution in [0.5, 0.6) is 0 Å². The van der Waals surface area contributed by atoms with Crippen molar-refractivity contribution in [3.63, 3.8) is 0 Å². The van der Waals surface area contributed by atoms with Gasteiger partial charge in [-0.25, -0.2) is 18.9 Å². The number of fused-ring (bicyclic) bond motifs is 2. The fraction of sp³-hybridized carbons (Fsp3) is 0.310. The van der Waals surface area contributed by atoms with Gasteiger partial charge in [0, 0.05) is 55.3 Å². The van der Waals surface area contributed by atoms with Gasteiger partial charge >= 0.3 is 0 Å². The van der Waals surface area contributed by atoms with Crippen LogP contribution in [0.25, 0.3) is 27.9 Å². The Hall–Kier alpha value is -4.07. The maximum atomic E-state index is 13.6. The summed E-state index contributed by atoms with van der Waals surface area (Å²) in [5, 5.41) is 5.91. The first-order valence-corrected chi connectivity index (χ1v) is 12.7. The molecule has 6 rings (SSSR count).